The number of hydrogen-bond acceptors (Lipinski definition) is 15. The number of hydrogen-bond donors (Lipinski definition) is 2. The number of fused-ring (bicyclic) bond motifs is 5. The highest BCUT2D eigenvalue weighted by molar-refractivity contribution is 6.07. The molecule has 13 rings (SSSR count). The van der Waals surface area contributed by atoms with Crippen molar-refractivity contribution in [1.29, 1.82) is 0 Å². The number of nitrogens with zero attached hydrogens (tertiary/aromatic N) is 9. The molecular weight excluding hydrogens is 1110 g/mol. The summed E-state index contributed by atoms with van der Waals surface area (Å²) in [5.41, 5.74) is 1.54. The third-order valence-corrected chi connectivity index (χ3v) is 19.3. The number of halogens is 2. The Morgan fingerprint density at radius 3 is 2.23 bits per heavy atom. The van der Waals surface area contributed by atoms with E-state index in [-0.39, 0.29) is 81.2 Å². The molecule has 0 radical (unpaired) electrons. The average molecular weight is 1190 g/mol. The highest BCUT2D eigenvalue weighted by Crippen LogP contribution is 2.54. The van der Waals surface area contributed by atoms with Crippen molar-refractivity contribution in [3.8, 4) is 29.6 Å². The Morgan fingerprint density at radius 1 is 0.828 bits per heavy atom. The van der Waals surface area contributed by atoms with Gasteiger partial charge in [0.1, 0.15) is 40.1 Å². The summed E-state index contributed by atoms with van der Waals surface area (Å²) in [5.74, 6) is 1.25. The van der Waals surface area contributed by atoms with Crippen LogP contribution in [0.4, 0.5) is 35.6 Å². The molecule has 2 aromatic heterocycles. The van der Waals surface area contributed by atoms with Gasteiger partial charge in [-0.2, -0.15) is 9.97 Å². The van der Waals surface area contributed by atoms with Crippen LogP contribution in [0.3, 0.4) is 0 Å². The van der Waals surface area contributed by atoms with Gasteiger partial charge in [0.25, 0.3) is 5.91 Å². The zero-order valence-electron chi connectivity index (χ0n) is 50.6. The van der Waals surface area contributed by atoms with Crippen molar-refractivity contribution >= 4 is 68.8 Å². The van der Waals surface area contributed by atoms with Crippen molar-refractivity contribution < 1.29 is 47.0 Å². The predicted molar refractivity (Wildman–Crippen MR) is 324 cm³/mol. The molecule has 2 bridgehead atoms. The van der Waals surface area contributed by atoms with E-state index in [1.54, 1.807) is 31.7 Å². The molecule has 2 N–H and O–H groups in total. The first-order chi connectivity index (χ1) is 41.5. The number of nitrogens with one attached hydrogen (secondary N) is 2. The van der Waals surface area contributed by atoms with Crippen molar-refractivity contribution in [1.82, 2.24) is 39.9 Å². The van der Waals surface area contributed by atoms with Gasteiger partial charge in [0, 0.05) is 105 Å². The first-order valence-electron chi connectivity index (χ1n) is 31.0. The number of amides is 5. The lowest BCUT2D eigenvalue weighted by atomic mass is 9.57. The van der Waals surface area contributed by atoms with E-state index in [4.69, 9.17) is 35.6 Å². The maximum atomic E-state index is 17.9. The molecule has 3 atom stereocenters. The summed E-state index contributed by atoms with van der Waals surface area (Å²) >= 11 is 0. The van der Waals surface area contributed by atoms with Crippen molar-refractivity contribution in [2.24, 2.45) is 16.7 Å². The van der Waals surface area contributed by atoms with Crippen LogP contribution in [-0.4, -0.2) is 166 Å². The zero-order chi connectivity index (χ0) is 60.9. The van der Waals surface area contributed by atoms with Gasteiger partial charge in [-0.05, 0) is 171 Å². The fourth-order valence-electron chi connectivity index (χ4n) is 14.9. The predicted octanol–water partition coefficient (Wildman–Crippen LogP) is 9.27. The largest absolute Gasteiger partial charge is 0.463 e. The third kappa shape index (κ3) is 11.7. The third-order valence-electron chi connectivity index (χ3n) is 19.3. The number of pyridine rings is 1. The second kappa shape index (κ2) is 22.2. The summed E-state index contributed by atoms with van der Waals surface area (Å²) in [7, 11) is 0. The van der Waals surface area contributed by atoms with Gasteiger partial charge in [0.15, 0.2) is 5.82 Å². The highest BCUT2D eigenvalue weighted by atomic mass is 19.1. The summed E-state index contributed by atoms with van der Waals surface area (Å²) in [5, 5.41) is 6.15. The maximum absolute atomic E-state index is 17.9. The number of benzene rings is 3. The molecule has 458 valence electrons. The fraction of sp³-hybridized carbons (Fsp3) is 0.545. The van der Waals surface area contributed by atoms with Crippen LogP contribution in [0.1, 0.15) is 127 Å². The molecule has 87 heavy (non-hydrogen) atoms. The molecule has 21 heteroatoms. The molecule has 1 spiro atoms. The zero-order valence-corrected chi connectivity index (χ0v) is 50.6. The van der Waals surface area contributed by atoms with Crippen LogP contribution in [0.15, 0.2) is 48.7 Å². The van der Waals surface area contributed by atoms with Crippen molar-refractivity contribution in [2.45, 2.75) is 142 Å². The minimum Gasteiger partial charge on any atom is -0.463 e. The van der Waals surface area contributed by atoms with E-state index in [0.717, 1.165) is 102 Å². The number of likely N-dealkylation sites (tertiary alicyclic amines) is 1. The normalized spacial score (nSPS) is 23.0. The lowest BCUT2D eigenvalue weighted by Gasteiger charge is -2.54. The number of ether oxygens (including phenoxy) is 3. The molecule has 3 aromatic carbocycles. The van der Waals surface area contributed by atoms with Crippen LogP contribution < -0.4 is 25.2 Å². The smallest absolute Gasteiger partial charge is 0.412 e. The number of terminal acetylenes is 1. The second-order valence-corrected chi connectivity index (χ2v) is 27.9. The molecule has 19 nitrogen and oxygen atoms in total. The Balaban J connectivity index is 0.671. The number of carbonyl (C=O) groups is 5. The van der Waals surface area contributed by atoms with Gasteiger partial charge >= 0.3 is 18.2 Å². The summed E-state index contributed by atoms with van der Waals surface area (Å²) in [6.45, 7) is 20.1. The SMILES string of the molecule is C#Cc1c(F)ccc2cc(NC(=O)OC(C)(C)C)cc(-c3ncc4c(N5CC6CCC(C5)N6C(=O)OC(C)(C)C)nc(OCC5(CN6CCC7(CC6)CC(CN6CCN(c8ccc9c(c8)CN([C@H]8CCC(=O)NC8=O)C9=O)CC6)C7)CC5)nc4c3F)c12. The number of piperazine rings is 2. The molecule has 7 fully saturated rings. The molecule has 5 saturated heterocycles. The van der Waals surface area contributed by atoms with Crippen LogP contribution in [0.25, 0.3) is 32.9 Å². The topological polar surface area (TPSA) is 195 Å². The van der Waals surface area contributed by atoms with Crippen LogP contribution in [0.5, 0.6) is 6.01 Å². The van der Waals surface area contributed by atoms with E-state index < -0.39 is 40.9 Å². The number of anilines is 3. The first-order valence-corrected chi connectivity index (χ1v) is 31.0. The second-order valence-electron chi connectivity index (χ2n) is 27.9. The lowest BCUT2D eigenvalue weighted by Crippen LogP contribution is -2.57. The lowest BCUT2D eigenvalue weighted by molar-refractivity contribution is -0.136. The molecule has 2 unspecified atom stereocenters. The Kier molecular flexibility index (Phi) is 14.9. The molecule has 5 amide bonds. The van der Waals surface area contributed by atoms with E-state index in [1.807, 2.05) is 37.8 Å². The Hall–Kier alpha value is -7.70. The summed E-state index contributed by atoms with van der Waals surface area (Å²) in [6, 6.07) is 10.9. The van der Waals surface area contributed by atoms with E-state index >= 15 is 8.78 Å². The molecule has 8 aliphatic rings. The van der Waals surface area contributed by atoms with E-state index in [2.05, 4.69) is 42.2 Å². The molecular formula is C66H77F2N11O8. The van der Waals surface area contributed by atoms with Gasteiger partial charge in [0.05, 0.1) is 29.6 Å². The number of rotatable bonds is 12. The van der Waals surface area contributed by atoms with Crippen LogP contribution in [0, 0.1) is 40.7 Å². The Bertz CT molecular complexity index is 3650. The fourth-order valence-corrected chi connectivity index (χ4v) is 14.9. The summed E-state index contributed by atoms with van der Waals surface area (Å²) < 4.78 is 51.5. The van der Waals surface area contributed by atoms with Crippen molar-refractivity contribution in [2.75, 3.05) is 87.2 Å². The number of carbonyl (C=O) groups excluding carboxylic acids is 5. The average Bonchev–Trinajstić information content (AvgIpc) is 1.22. The van der Waals surface area contributed by atoms with Gasteiger partial charge in [-0.15, -0.1) is 6.42 Å². The number of imide groups is 1. The molecule has 2 aliphatic carbocycles. The quantitative estimate of drug-likeness (QED) is 0.0886. The van der Waals surface area contributed by atoms with Gasteiger partial charge in [0.2, 0.25) is 11.8 Å². The van der Waals surface area contributed by atoms with Crippen molar-refractivity contribution in [3.05, 3.63) is 77.0 Å². The molecule has 2 saturated carbocycles. The van der Waals surface area contributed by atoms with Gasteiger partial charge in [-0.25, -0.2) is 18.4 Å². The summed E-state index contributed by atoms with van der Waals surface area (Å²) in [4.78, 5) is 91.9. The molecule has 6 aliphatic heterocycles. The van der Waals surface area contributed by atoms with E-state index in [0.29, 0.717) is 66.1 Å². The van der Waals surface area contributed by atoms with Gasteiger partial charge < -0.3 is 33.8 Å². The van der Waals surface area contributed by atoms with Gasteiger partial charge in [-0.1, -0.05) is 12.0 Å². The standard InChI is InChI=1S/C66H77F2N11O8/c1-8-46-50(67)14-9-40-27-42(70-61(83)86-63(2,3)4)29-48(53(40)46)55-54(68)56-49(32-69-55)57(77-35-44-10-11-45(36-77)79(44)62(84)87-64(5,6)7)73-60(72-56)85-38-66(17-18-66)37-75-21-19-65(20-22-75)30-39(31-65)33-74-23-25-76(26-24-74)43-12-13-47-41(28-43)34-78(59(47)82)51-15-16-52(80)71-58(51)81/h1,9,12-14,27-29,32,39,44-45,51H,10-11,15-26,30-31,33-38H2,2-7H3,(H,70,83)(H,71,80,81)/t44?,45?,51-/m0/s1. The monoisotopic (exact) mass is 1190 g/mol. The Morgan fingerprint density at radius 2 is 1.55 bits per heavy atom. The minimum atomic E-state index is -0.807. The van der Waals surface area contributed by atoms with Crippen LogP contribution >= 0.6 is 0 Å². The van der Waals surface area contributed by atoms with E-state index in [9.17, 15) is 24.0 Å². The first kappa shape index (κ1) is 58.3. The number of piperidine rings is 2. The van der Waals surface area contributed by atoms with Crippen molar-refractivity contribution in [3.63, 3.8) is 0 Å². The number of aromatic nitrogens is 3. The summed E-state index contributed by atoms with van der Waals surface area (Å²) in [6.07, 6.45) is 15.2. The minimum absolute atomic E-state index is 0.0165. The van der Waals surface area contributed by atoms with Crippen LogP contribution in [0.2, 0.25) is 0 Å². The Labute approximate surface area is 505 Å². The van der Waals surface area contributed by atoms with E-state index in [1.165, 1.54) is 37.2 Å². The van der Waals surface area contributed by atoms with Crippen LogP contribution in [-0.2, 0) is 25.6 Å². The molecule has 5 aromatic rings. The maximum Gasteiger partial charge on any atom is 0.412 e. The molecule has 8 heterocycles. The van der Waals surface area contributed by atoms with Gasteiger partial charge in [-0.3, -0.25) is 39.8 Å². The highest BCUT2D eigenvalue weighted by Gasteiger charge is 2.50.